The second kappa shape index (κ2) is 4.29. The van der Waals surface area contributed by atoms with Crippen molar-refractivity contribution in [2.24, 2.45) is 0 Å². The SMILES string of the molecule is CC(C)N(C)C(=O)c1sc2nnccc2c1N. The molecule has 2 rings (SSSR count). The topological polar surface area (TPSA) is 72.1 Å². The Balaban J connectivity index is 2.49. The van der Waals surface area contributed by atoms with Gasteiger partial charge in [0.1, 0.15) is 9.71 Å². The molecule has 1 amide bonds. The summed E-state index contributed by atoms with van der Waals surface area (Å²) in [4.78, 5) is 15.1. The van der Waals surface area contributed by atoms with Crippen LogP contribution in [0.15, 0.2) is 12.3 Å². The first-order valence-corrected chi connectivity index (χ1v) is 6.11. The number of rotatable bonds is 2. The number of aromatic nitrogens is 2. The molecule has 90 valence electrons. The van der Waals surface area contributed by atoms with Crippen molar-refractivity contribution in [3.05, 3.63) is 17.1 Å². The fourth-order valence-corrected chi connectivity index (χ4v) is 2.45. The van der Waals surface area contributed by atoms with Crippen LogP contribution in [0.4, 0.5) is 5.69 Å². The quantitative estimate of drug-likeness (QED) is 0.881. The average Bonchev–Trinajstić information content (AvgIpc) is 2.65. The van der Waals surface area contributed by atoms with Crippen molar-refractivity contribution in [3.63, 3.8) is 0 Å². The lowest BCUT2D eigenvalue weighted by molar-refractivity contribution is 0.0761. The molecule has 17 heavy (non-hydrogen) atoms. The van der Waals surface area contributed by atoms with E-state index in [1.54, 1.807) is 24.2 Å². The third-order valence-corrected chi connectivity index (χ3v) is 3.80. The van der Waals surface area contributed by atoms with Crippen LogP contribution in [0.3, 0.4) is 0 Å². The number of anilines is 1. The largest absolute Gasteiger partial charge is 0.397 e. The van der Waals surface area contributed by atoms with Crippen LogP contribution in [0.25, 0.3) is 10.2 Å². The molecule has 0 fully saturated rings. The summed E-state index contributed by atoms with van der Waals surface area (Å²) in [6.45, 7) is 3.92. The van der Waals surface area contributed by atoms with Crippen molar-refractivity contribution in [2.45, 2.75) is 19.9 Å². The number of thiophene rings is 1. The molecule has 0 atom stereocenters. The highest BCUT2D eigenvalue weighted by molar-refractivity contribution is 7.21. The maximum atomic E-state index is 12.2. The molecule has 0 radical (unpaired) electrons. The van der Waals surface area contributed by atoms with Crippen LogP contribution in [-0.4, -0.2) is 34.1 Å². The van der Waals surface area contributed by atoms with E-state index >= 15 is 0 Å². The van der Waals surface area contributed by atoms with Crippen LogP contribution in [0.1, 0.15) is 23.5 Å². The summed E-state index contributed by atoms with van der Waals surface area (Å²) >= 11 is 1.29. The average molecular weight is 250 g/mol. The van der Waals surface area contributed by atoms with Crippen molar-refractivity contribution < 1.29 is 4.79 Å². The minimum atomic E-state index is -0.0690. The van der Waals surface area contributed by atoms with Crippen molar-refractivity contribution in [1.82, 2.24) is 15.1 Å². The van der Waals surface area contributed by atoms with Crippen LogP contribution in [0, 0.1) is 0 Å². The highest BCUT2D eigenvalue weighted by atomic mass is 32.1. The molecule has 0 aromatic carbocycles. The molecule has 5 nitrogen and oxygen atoms in total. The molecule has 0 spiro atoms. The Labute approximate surface area is 103 Å². The summed E-state index contributed by atoms with van der Waals surface area (Å²) in [7, 11) is 1.77. The van der Waals surface area contributed by atoms with Gasteiger partial charge in [0.25, 0.3) is 5.91 Å². The lowest BCUT2D eigenvalue weighted by atomic mass is 10.2. The first-order chi connectivity index (χ1) is 8.02. The maximum absolute atomic E-state index is 12.2. The molecule has 0 bridgehead atoms. The number of nitrogens with two attached hydrogens (primary N) is 1. The number of nitrogens with zero attached hydrogens (tertiary/aromatic N) is 3. The van der Waals surface area contributed by atoms with Gasteiger partial charge in [-0.25, -0.2) is 0 Å². The number of amides is 1. The Morgan fingerprint density at radius 2 is 2.24 bits per heavy atom. The zero-order chi connectivity index (χ0) is 12.6. The predicted molar refractivity (Wildman–Crippen MR) is 69.1 cm³/mol. The van der Waals surface area contributed by atoms with E-state index < -0.39 is 0 Å². The van der Waals surface area contributed by atoms with Gasteiger partial charge in [-0.2, -0.15) is 5.10 Å². The molecule has 0 aliphatic carbocycles. The van der Waals surface area contributed by atoms with E-state index in [-0.39, 0.29) is 11.9 Å². The summed E-state index contributed by atoms with van der Waals surface area (Å²) < 4.78 is 0. The second-order valence-corrected chi connectivity index (χ2v) is 5.10. The zero-order valence-corrected chi connectivity index (χ0v) is 10.8. The molecule has 2 heterocycles. The predicted octanol–water partition coefficient (Wildman–Crippen LogP) is 1.75. The van der Waals surface area contributed by atoms with E-state index in [1.165, 1.54) is 11.3 Å². The fraction of sp³-hybridized carbons (Fsp3) is 0.364. The summed E-state index contributed by atoms with van der Waals surface area (Å²) in [6.07, 6.45) is 1.58. The van der Waals surface area contributed by atoms with Gasteiger partial charge >= 0.3 is 0 Å². The first-order valence-electron chi connectivity index (χ1n) is 5.29. The molecule has 0 aliphatic rings. The van der Waals surface area contributed by atoms with Gasteiger partial charge < -0.3 is 10.6 Å². The minimum absolute atomic E-state index is 0.0690. The van der Waals surface area contributed by atoms with Gasteiger partial charge in [-0.3, -0.25) is 4.79 Å². The number of carbonyl (C=O) groups is 1. The molecule has 0 aliphatic heterocycles. The molecule has 0 unspecified atom stereocenters. The van der Waals surface area contributed by atoms with Gasteiger partial charge in [0.2, 0.25) is 0 Å². The van der Waals surface area contributed by atoms with Crippen LogP contribution in [0.5, 0.6) is 0 Å². The Morgan fingerprint density at radius 1 is 1.53 bits per heavy atom. The third-order valence-electron chi connectivity index (χ3n) is 2.71. The zero-order valence-electron chi connectivity index (χ0n) is 9.97. The Morgan fingerprint density at radius 3 is 2.82 bits per heavy atom. The number of carbonyl (C=O) groups excluding carboxylic acids is 1. The smallest absolute Gasteiger partial charge is 0.266 e. The number of nitrogen functional groups attached to an aromatic ring is 1. The molecule has 2 aromatic rings. The van der Waals surface area contributed by atoms with Crippen molar-refractivity contribution in [1.29, 1.82) is 0 Å². The van der Waals surface area contributed by atoms with E-state index in [1.807, 2.05) is 13.8 Å². The van der Waals surface area contributed by atoms with Gasteiger partial charge in [-0.05, 0) is 19.9 Å². The van der Waals surface area contributed by atoms with Gasteiger partial charge in [0.15, 0.2) is 0 Å². The Hall–Kier alpha value is -1.69. The van der Waals surface area contributed by atoms with Gasteiger partial charge in [0.05, 0.1) is 11.9 Å². The van der Waals surface area contributed by atoms with E-state index in [0.717, 1.165) is 5.39 Å². The number of hydrogen-bond acceptors (Lipinski definition) is 5. The highest BCUT2D eigenvalue weighted by Gasteiger charge is 2.21. The summed E-state index contributed by atoms with van der Waals surface area (Å²) in [5.74, 6) is -0.0690. The van der Waals surface area contributed by atoms with E-state index in [9.17, 15) is 4.79 Å². The first kappa shape index (κ1) is 11.8. The highest BCUT2D eigenvalue weighted by Crippen LogP contribution is 2.32. The number of hydrogen-bond donors (Lipinski definition) is 1. The van der Waals surface area contributed by atoms with Crippen LogP contribution < -0.4 is 5.73 Å². The molecular weight excluding hydrogens is 236 g/mol. The molecule has 2 aromatic heterocycles. The molecular formula is C11H14N4OS. The Kier molecular flexibility index (Phi) is 2.97. The summed E-state index contributed by atoms with van der Waals surface area (Å²) in [6, 6.07) is 1.92. The Bertz CT molecular complexity index is 564. The van der Waals surface area contributed by atoms with E-state index in [2.05, 4.69) is 10.2 Å². The van der Waals surface area contributed by atoms with Crippen LogP contribution >= 0.6 is 11.3 Å². The molecule has 0 saturated carbocycles. The normalized spacial score (nSPS) is 11.1. The third kappa shape index (κ3) is 1.95. The molecule has 6 heteroatoms. The van der Waals surface area contributed by atoms with Gasteiger partial charge in [-0.1, -0.05) is 0 Å². The standard InChI is InChI=1S/C11H14N4OS/c1-6(2)15(3)11(16)9-8(12)7-4-5-13-14-10(7)17-9/h4-6H,12H2,1-3H3. The molecule has 2 N–H and O–H groups in total. The summed E-state index contributed by atoms with van der Waals surface area (Å²) in [5.41, 5.74) is 6.47. The minimum Gasteiger partial charge on any atom is -0.397 e. The van der Waals surface area contributed by atoms with Crippen LogP contribution in [-0.2, 0) is 0 Å². The monoisotopic (exact) mass is 250 g/mol. The van der Waals surface area contributed by atoms with Crippen molar-refractivity contribution in [3.8, 4) is 0 Å². The van der Waals surface area contributed by atoms with Crippen molar-refractivity contribution >= 4 is 33.1 Å². The van der Waals surface area contributed by atoms with E-state index in [0.29, 0.717) is 15.4 Å². The van der Waals surface area contributed by atoms with E-state index in [4.69, 9.17) is 5.73 Å². The lowest BCUT2D eigenvalue weighted by Crippen LogP contribution is -2.32. The maximum Gasteiger partial charge on any atom is 0.266 e. The summed E-state index contributed by atoms with van der Waals surface area (Å²) in [5, 5.41) is 8.55. The second-order valence-electron chi connectivity index (χ2n) is 4.10. The van der Waals surface area contributed by atoms with Crippen LogP contribution in [0.2, 0.25) is 0 Å². The molecule has 0 saturated heterocycles. The number of fused-ring (bicyclic) bond motifs is 1. The van der Waals surface area contributed by atoms with Gasteiger partial charge in [0, 0.05) is 18.5 Å². The lowest BCUT2D eigenvalue weighted by Gasteiger charge is -2.20. The van der Waals surface area contributed by atoms with Gasteiger partial charge in [-0.15, -0.1) is 16.4 Å². The van der Waals surface area contributed by atoms with Crippen molar-refractivity contribution in [2.75, 3.05) is 12.8 Å². The fourth-order valence-electron chi connectivity index (χ4n) is 1.43.